The number of aromatic amines is 1. The van der Waals surface area contributed by atoms with E-state index in [9.17, 15) is 4.79 Å². The van der Waals surface area contributed by atoms with Gasteiger partial charge in [0.05, 0.1) is 11.4 Å². The van der Waals surface area contributed by atoms with Crippen LogP contribution in [0.2, 0.25) is 0 Å². The van der Waals surface area contributed by atoms with Crippen molar-refractivity contribution in [3.05, 3.63) is 69.7 Å². The zero-order valence-corrected chi connectivity index (χ0v) is 11.5. The maximum atomic E-state index is 12.0. The highest BCUT2D eigenvalue weighted by atomic mass is 79.9. The minimum absolute atomic E-state index is 0.0961. The van der Waals surface area contributed by atoms with Gasteiger partial charge < -0.3 is 0 Å². The minimum atomic E-state index is -0.0961. The zero-order valence-electron chi connectivity index (χ0n) is 9.88. The standard InChI is InChI=1S/C14H10BrN3O/c15-11-3-5-12(6-4-11)18-14(19)8-13(17-18)10-2-1-7-16-9-10/h1-9,17H. The molecule has 0 fully saturated rings. The predicted molar refractivity (Wildman–Crippen MR) is 77.3 cm³/mol. The van der Waals surface area contributed by atoms with Crippen molar-refractivity contribution in [1.29, 1.82) is 0 Å². The van der Waals surface area contributed by atoms with Crippen molar-refractivity contribution in [3.63, 3.8) is 0 Å². The van der Waals surface area contributed by atoms with Crippen LogP contribution < -0.4 is 5.56 Å². The van der Waals surface area contributed by atoms with E-state index >= 15 is 0 Å². The van der Waals surface area contributed by atoms with E-state index in [2.05, 4.69) is 26.0 Å². The molecule has 0 aliphatic heterocycles. The Balaban J connectivity index is 2.08. The SMILES string of the molecule is O=c1cc(-c2cccnc2)[nH]n1-c1ccc(Br)cc1. The van der Waals surface area contributed by atoms with Crippen molar-refractivity contribution < 1.29 is 0 Å². The van der Waals surface area contributed by atoms with E-state index in [1.54, 1.807) is 18.5 Å². The molecule has 0 amide bonds. The fourth-order valence-corrected chi connectivity index (χ4v) is 2.11. The Hall–Kier alpha value is -2.14. The van der Waals surface area contributed by atoms with Crippen molar-refractivity contribution in [3.8, 4) is 16.9 Å². The van der Waals surface area contributed by atoms with Crippen LogP contribution in [-0.2, 0) is 0 Å². The van der Waals surface area contributed by atoms with Gasteiger partial charge in [-0.15, -0.1) is 0 Å². The normalized spacial score (nSPS) is 10.6. The Morgan fingerprint density at radius 1 is 1.16 bits per heavy atom. The van der Waals surface area contributed by atoms with Crippen LogP contribution >= 0.6 is 15.9 Å². The maximum absolute atomic E-state index is 12.0. The summed E-state index contributed by atoms with van der Waals surface area (Å²) in [4.78, 5) is 16.0. The van der Waals surface area contributed by atoms with Gasteiger partial charge in [0.25, 0.3) is 5.56 Å². The van der Waals surface area contributed by atoms with Gasteiger partial charge in [0.2, 0.25) is 0 Å². The molecule has 0 bridgehead atoms. The molecule has 19 heavy (non-hydrogen) atoms. The van der Waals surface area contributed by atoms with Gasteiger partial charge in [-0.05, 0) is 36.4 Å². The number of hydrogen-bond acceptors (Lipinski definition) is 2. The highest BCUT2D eigenvalue weighted by Gasteiger charge is 2.06. The molecule has 5 heteroatoms. The zero-order chi connectivity index (χ0) is 13.2. The largest absolute Gasteiger partial charge is 0.290 e. The van der Waals surface area contributed by atoms with Crippen molar-refractivity contribution in [2.45, 2.75) is 0 Å². The van der Waals surface area contributed by atoms with Crippen LogP contribution in [0.25, 0.3) is 16.9 Å². The third-order valence-electron chi connectivity index (χ3n) is 2.78. The number of rotatable bonds is 2. The van der Waals surface area contributed by atoms with E-state index < -0.39 is 0 Å². The molecule has 1 N–H and O–H groups in total. The Kier molecular flexibility index (Phi) is 3.05. The molecule has 3 rings (SSSR count). The summed E-state index contributed by atoms with van der Waals surface area (Å²) in [5.41, 5.74) is 2.33. The number of benzene rings is 1. The molecule has 1 aromatic carbocycles. The van der Waals surface area contributed by atoms with Gasteiger partial charge in [-0.1, -0.05) is 15.9 Å². The Morgan fingerprint density at radius 3 is 2.63 bits per heavy atom. The summed E-state index contributed by atoms with van der Waals surface area (Å²) in [6.45, 7) is 0. The van der Waals surface area contributed by atoms with E-state index in [-0.39, 0.29) is 5.56 Å². The quantitative estimate of drug-likeness (QED) is 0.790. The first-order valence-electron chi connectivity index (χ1n) is 5.72. The third kappa shape index (κ3) is 2.37. The van der Waals surface area contributed by atoms with Crippen LogP contribution in [0.4, 0.5) is 0 Å². The molecule has 0 aliphatic rings. The first-order valence-corrected chi connectivity index (χ1v) is 6.52. The molecule has 0 radical (unpaired) electrons. The topological polar surface area (TPSA) is 50.7 Å². The van der Waals surface area contributed by atoms with Gasteiger partial charge in [0.1, 0.15) is 0 Å². The lowest BCUT2D eigenvalue weighted by molar-refractivity contribution is 0.852. The van der Waals surface area contributed by atoms with Crippen LogP contribution in [0.15, 0.2) is 64.1 Å². The van der Waals surface area contributed by atoms with Gasteiger partial charge in [0.15, 0.2) is 0 Å². The minimum Gasteiger partial charge on any atom is -0.290 e. The van der Waals surface area contributed by atoms with Gasteiger partial charge in [-0.3, -0.25) is 14.9 Å². The highest BCUT2D eigenvalue weighted by molar-refractivity contribution is 9.10. The molecule has 0 saturated carbocycles. The molecule has 3 aromatic rings. The second-order valence-corrected chi connectivity index (χ2v) is 4.98. The molecular formula is C14H10BrN3O. The number of H-pyrrole nitrogens is 1. The molecule has 0 unspecified atom stereocenters. The smallest absolute Gasteiger partial charge is 0.271 e. The Morgan fingerprint density at radius 2 is 1.95 bits per heavy atom. The average Bonchev–Trinajstić information content (AvgIpc) is 2.83. The summed E-state index contributed by atoms with van der Waals surface area (Å²) < 4.78 is 2.48. The second-order valence-electron chi connectivity index (χ2n) is 4.06. The van der Waals surface area contributed by atoms with Crippen LogP contribution in [0, 0.1) is 0 Å². The number of nitrogens with one attached hydrogen (secondary N) is 1. The fraction of sp³-hybridized carbons (Fsp3) is 0. The van der Waals surface area contributed by atoms with E-state index in [4.69, 9.17) is 0 Å². The second kappa shape index (κ2) is 4.85. The lowest BCUT2D eigenvalue weighted by Gasteiger charge is -2.02. The molecule has 94 valence electrons. The van der Waals surface area contributed by atoms with Crippen molar-refractivity contribution in [1.82, 2.24) is 14.8 Å². The first kappa shape index (κ1) is 11.9. The van der Waals surface area contributed by atoms with Gasteiger partial charge >= 0.3 is 0 Å². The molecule has 0 saturated heterocycles. The van der Waals surface area contributed by atoms with Crippen molar-refractivity contribution >= 4 is 15.9 Å². The molecule has 0 aliphatic carbocycles. The summed E-state index contributed by atoms with van der Waals surface area (Å²) in [7, 11) is 0. The Bertz CT molecular complexity index is 744. The summed E-state index contributed by atoms with van der Waals surface area (Å²) in [6.07, 6.45) is 3.42. The van der Waals surface area contributed by atoms with E-state index in [1.807, 2.05) is 36.4 Å². The average molecular weight is 316 g/mol. The van der Waals surface area contributed by atoms with Crippen LogP contribution in [0.5, 0.6) is 0 Å². The number of hydrogen-bond donors (Lipinski definition) is 1. The van der Waals surface area contributed by atoms with E-state index in [0.717, 1.165) is 21.4 Å². The maximum Gasteiger partial charge on any atom is 0.271 e. The van der Waals surface area contributed by atoms with E-state index in [0.29, 0.717) is 0 Å². The summed E-state index contributed by atoms with van der Waals surface area (Å²) in [5, 5.41) is 3.08. The van der Waals surface area contributed by atoms with Crippen LogP contribution in [-0.4, -0.2) is 14.8 Å². The summed E-state index contributed by atoms with van der Waals surface area (Å²) >= 11 is 3.37. The number of pyridine rings is 1. The van der Waals surface area contributed by atoms with E-state index in [1.165, 1.54) is 4.68 Å². The molecule has 0 spiro atoms. The van der Waals surface area contributed by atoms with Gasteiger partial charge in [-0.2, -0.15) is 0 Å². The van der Waals surface area contributed by atoms with Crippen LogP contribution in [0.1, 0.15) is 0 Å². The number of halogens is 1. The molecule has 2 aromatic heterocycles. The molecule has 0 atom stereocenters. The summed E-state index contributed by atoms with van der Waals surface area (Å²) in [6, 6.07) is 12.8. The van der Waals surface area contributed by atoms with Crippen molar-refractivity contribution in [2.75, 3.05) is 0 Å². The Labute approximate surface area is 117 Å². The van der Waals surface area contributed by atoms with Gasteiger partial charge in [0, 0.05) is 28.5 Å². The summed E-state index contributed by atoms with van der Waals surface area (Å²) in [5.74, 6) is 0. The predicted octanol–water partition coefficient (Wildman–Crippen LogP) is 2.99. The number of aromatic nitrogens is 3. The highest BCUT2D eigenvalue weighted by Crippen LogP contribution is 2.16. The molecule has 4 nitrogen and oxygen atoms in total. The van der Waals surface area contributed by atoms with Gasteiger partial charge in [-0.25, -0.2) is 4.68 Å². The van der Waals surface area contributed by atoms with Crippen molar-refractivity contribution in [2.24, 2.45) is 0 Å². The monoisotopic (exact) mass is 315 g/mol. The lowest BCUT2D eigenvalue weighted by Crippen LogP contribution is -2.13. The third-order valence-corrected chi connectivity index (χ3v) is 3.31. The van der Waals surface area contributed by atoms with Crippen LogP contribution in [0.3, 0.4) is 0 Å². The fourth-order valence-electron chi connectivity index (χ4n) is 1.85. The molecule has 2 heterocycles. The molecular weight excluding hydrogens is 306 g/mol. The first-order chi connectivity index (χ1) is 9.24. The lowest BCUT2D eigenvalue weighted by atomic mass is 10.2. The number of nitrogens with zero attached hydrogens (tertiary/aromatic N) is 2.